The van der Waals surface area contributed by atoms with Crippen LogP contribution in [-0.4, -0.2) is 12.0 Å². The lowest BCUT2D eigenvalue weighted by Gasteiger charge is -2.15. The molecule has 3 rings (SSSR count). The lowest BCUT2D eigenvalue weighted by molar-refractivity contribution is -0.0883. The normalized spacial score (nSPS) is 12.0. The highest BCUT2D eigenvalue weighted by atomic mass is 19.4. The minimum atomic E-state index is -4.89. The highest BCUT2D eigenvalue weighted by Crippen LogP contribution is 2.35. The van der Waals surface area contributed by atoms with Crippen molar-refractivity contribution in [1.82, 2.24) is 0 Å². The molecule has 0 radical (unpaired) electrons. The van der Waals surface area contributed by atoms with Gasteiger partial charge in [-0.25, -0.2) is 0 Å². The monoisotopic (exact) mass is 288 g/mol. The Kier molecular flexibility index (Phi) is 2.97. The average Bonchev–Trinajstić information content (AvgIpc) is 2.46. The molecule has 0 unspecified atom stereocenters. The summed E-state index contributed by atoms with van der Waals surface area (Å²) in [5.74, 6) is -1.80. The maximum atomic E-state index is 12.9. The largest absolute Gasteiger partial charge is 0.454 e. The molecular weight excluding hydrogens is 277 g/mol. The smallest absolute Gasteiger partial charge is 0.284 e. The molecule has 0 N–H and O–H groups in total. The van der Waals surface area contributed by atoms with E-state index in [1.54, 1.807) is 48.5 Å². The summed E-state index contributed by atoms with van der Waals surface area (Å²) in [5.41, 5.74) is 0.610. The second-order valence-electron chi connectivity index (χ2n) is 4.92. The van der Waals surface area contributed by atoms with Gasteiger partial charge in [0.05, 0.1) is 0 Å². The molecule has 1 nitrogen and oxygen atoms in total. The molecule has 0 aliphatic heterocycles. The van der Waals surface area contributed by atoms with Crippen LogP contribution in [0.25, 0.3) is 21.5 Å². The van der Waals surface area contributed by atoms with Gasteiger partial charge in [0.2, 0.25) is 0 Å². The standard InChI is InChI=1S/C17H11F3O/c1-10-11-6-2-4-8-13(11)15(16(21)17(18,19)20)14-9-5-3-7-12(10)14/h2-9H,1H3. The van der Waals surface area contributed by atoms with Crippen LogP contribution >= 0.6 is 0 Å². The van der Waals surface area contributed by atoms with Crippen molar-refractivity contribution in [1.29, 1.82) is 0 Å². The van der Waals surface area contributed by atoms with Gasteiger partial charge in [-0.05, 0) is 34.0 Å². The fourth-order valence-corrected chi connectivity index (χ4v) is 2.73. The van der Waals surface area contributed by atoms with Gasteiger partial charge in [-0.2, -0.15) is 13.2 Å². The predicted molar refractivity (Wildman–Crippen MR) is 76.6 cm³/mol. The van der Waals surface area contributed by atoms with E-state index < -0.39 is 12.0 Å². The predicted octanol–water partition coefficient (Wildman–Crippen LogP) is 5.05. The van der Waals surface area contributed by atoms with Crippen molar-refractivity contribution < 1.29 is 18.0 Å². The van der Waals surface area contributed by atoms with Crippen LogP contribution in [0.3, 0.4) is 0 Å². The lowest BCUT2D eigenvalue weighted by atomic mass is 9.90. The zero-order valence-electron chi connectivity index (χ0n) is 11.2. The van der Waals surface area contributed by atoms with Crippen molar-refractivity contribution in [3.05, 3.63) is 59.7 Å². The molecule has 0 amide bonds. The number of rotatable bonds is 1. The summed E-state index contributed by atoms with van der Waals surface area (Å²) < 4.78 is 38.8. The van der Waals surface area contributed by atoms with Crippen LogP contribution in [0.15, 0.2) is 48.5 Å². The van der Waals surface area contributed by atoms with Gasteiger partial charge in [0.25, 0.3) is 5.78 Å². The number of ketones is 1. The molecule has 3 aromatic rings. The first-order valence-electron chi connectivity index (χ1n) is 6.43. The molecule has 0 atom stereocenters. The van der Waals surface area contributed by atoms with Gasteiger partial charge in [-0.1, -0.05) is 48.5 Å². The third kappa shape index (κ3) is 2.07. The van der Waals surface area contributed by atoms with Gasteiger partial charge >= 0.3 is 6.18 Å². The lowest BCUT2D eigenvalue weighted by Crippen LogP contribution is -2.23. The Balaban J connectivity index is 2.55. The van der Waals surface area contributed by atoms with Crippen molar-refractivity contribution in [2.75, 3.05) is 0 Å². The van der Waals surface area contributed by atoms with Crippen molar-refractivity contribution in [3.8, 4) is 0 Å². The first-order chi connectivity index (χ1) is 9.91. The summed E-state index contributed by atoms with van der Waals surface area (Å²) in [6.07, 6.45) is -4.89. The molecule has 106 valence electrons. The Morgan fingerprint density at radius 2 is 1.19 bits per heavy atom. The fourth-order valence-electron chi connectivity index (χ4n) is 2.73. The fraction of sp³-hybridized carbons (Fsp3) is 0.118. The summed E-state index contributed by atoms with van der Waals surface area (Å²) in [7, 11) is 0. The van der Waals surface area contributed by atoms with Crippen LogP contribution in [-0.2, 0) is 0 Å². The van der Waals surface area contributed by atoms with Gasteiger partial charge in [-0.3, -0.25) is 4.79 Å². The van der Waals surface area contributed by atoms with Crippen LogP contribution < -0.4 is 0 Å². The number of benzene rings is 3. The molecule has 0 aliphatic rings. The molecule has 4 heteroatoms. The second-order valence-corrected chi connectivity index (χ2v) is 4.92. The SMILES string of the molecule is Cc1c2ccccc2c(C(=O)C(F)(F)F)c2ccccc12. The minimum absolute atomic E-state index is 0.265. The second kappa shape index (κ2) is 4.58. The maximum Gasteiger partial charge on any atom is 0.454 e. The number of alkyl halides is 3. The molecule has 0 saturated carbocycles. The van der Waals surface area contributed by atoms with Gasteiger partial charge < -0.3 is 0 Å². The Labute approximate surface area is 119 Å². The minimum Gasteiger partial charge on any atom is -0.284 e. The molecule has 0 spiro atoms. The summed E-state index contributed by atoms with van der Waals surface area (Å²) in [4.78, 5) is 11.9. The Morgan fingerprint density at radius 3 is 1.57 bits per heavy atom. The van der Waals surface area contributed by atoms with E-state index in [4.69, 9.17) is 0 Å². The van der Waals surface area contributed by atoms with Crippen LogP contribution in [0.5, 0.6) is 0 Å². The zero-order chi connectivity index (χ0) is 15.2. The van der Waals surface area contributed by atoms with E-state index in [0.29, 0.717) is 21.5 Å². The molecule has 0 aromatic heterocycles. The summed E-state index contributed by atoms with van der Waals surface area (Å²) >= 11 is 0. The first-order valence-corrected chi connectivity index (χ1v) is 6.43. The molecule has 0 heterocycles. The van der Waals surface area contributed by atoms with Crippen LogP contribution in [0.1, 0.15) is 15.9 Å². The zero-order valence-corrected chi connectivity index (χ0v) is 11.2. The molecule has 0 fully saturated rings. The molecule has 0 aliphatic carbocycles. The van der Waals surface area contributed by atoms with E-state index in [9.17, 15) is 18.0 Å². The molecule has 3 aromatic carbocycles. The number of Topliss-reactive ketones (excluding diaryl/α,β-unsaturated/α-hetero) is 1. The van der Waals surface area contributed by atoms with Crippen molar-refractivity contribution in [2.45, 2.75) is 13.1 Å². The van der Waals surface area contributed by atoms with E-state index in [-0.39, 0.29) is 5.56 Å². The Bertz CT molecular complexity index is 806. The van der Waals surface area contributed by atoms with E-state index >= 15 is 0 Å². The van der Waals surface area contributed by atoms with Crippen LogP contribution in [0.4, 0.5) is 13.2 Å². The van der Waals surface area contributed by atoms with Gasteiger partial charge in [0.15, 0.2) is 0 Å². The van der Waals surface area contributed by atoms with E-state index in [0.717, 1.165) is 5.56 Å². The Morgan fingerprint density at radius 1 is 0.810 bits per heavy atom. The molecule has 0 bridgehead atoms. The highest BCUT2D eigenvalue weighted by molar-refractivity contribution is 6.21. The van der Waals surface area contributed by atoms with Crippen molar-refractivity contribution in [3.63, 3.8) is 0 Å². The number of carbonyl (C=O) groups excluding carboxylic acids is 1. The van der Waals surface area contributed by atoms with Crippen LogP contribution in [0.2, 0.25) is 0 Å². The summed E-state index contributed by atoms with van der Waals surface area (Å²) in [6, 6.07) is 13.4. The number of hydrogen-bond acceptors (Lipinski definition) is 1. The summed E-state index contributed by atoms with van der Waals surface area (Å²) in [5, 5.41) is 2.03. The first kappa shape index (κ1) is 13.6. The van der Waals surface area contributed by atoms with Gasteiger partial charge in [0, 0.05) is 5.56 Å². The number of fused-ring (bicyclic) bond motifs is 2. The average molecular weight is 288 g/mol. The van der Waals surface area contributed by atoms with E-state index in [2.05, 4.69) is 0 Å². The van der Waals surface area contributed by atoms with Crippen molar-refractivity contribution in [2.24, 2.45) is 0 Å². The van der Waals surface area contributed by atoms with E-state index in [1.165, 1.54) is 0 Å². The van der Waals surface area contributed by atoms with Crippen LogP contribution in [0, 0.1) is 6.92 Å². The highest BCUT2D eigenvalue weighted by Gasteiger charge is 2.41. The number of aryl methyl sites for hydroxylation is 1. The number of hydrogen-bond donors (Lipinski definition) is 0. The maximum absolute atomic E-state index is 12.9. The van der Waals surface area contributed by atoms with Gasteiger partial charge in [-0.15, -0.1) is 0 Å². The van der Waals surface area contributed by atoms with E-state index in [1.807, 2.05) is 6.92 Å². The molecule has 21 heavy (non-hydrogen) atoms. The third-order valence-corrected chi connectivity index (χ3v) is 3.69. The summed E-state index contributed by atoms with van der Waals surface area (Å²) in [6.45, 7) is 1.85. The quantitative estimate of drug-likeness (QED) is 0.452. The van der Waals surface area contributed by atoms with Crippen molar-refractivity contribution >= 4 is 27.3 Å². The molecule has 0 saturated heterocycles. The van der Waals surface area contributed by atoms with Gasteiger partial charge in [0.1, 0.15) is 0 Å². The third-order valence-electron chi connectivity index (χ3n) is 3.69. The number of halogens is 3. The molecular formula is C17H11F3O. The Hall–Kier alpha value is -2.36. The topological polar surface area (TPSA) is 17.1 Å². The number of carbonyl (C=O) groups is 1.